The predicted octanol–water partition coefficient (Wildman–Crippen LogP) is 3.39. The number of nitrogens with zero attached hydrogens (tertiary/aromatic N) is 1. The van der Waals surface area contributed by atoms with Crippen LogP contribution in [0, 0.1) is 5.82 Å². The number of nitrogen functional groups attached to an aromatic ring is 1. The molecule has 0 saturated heterocycles. The van der Waals surface area contributed by atoms with E-state index < -0.39 is 33.5 Å². The Bertz CT molecular complexity index is 1520. The second-order valence-electron chi connectivity index (χ2n) is 8.10. The molecule has 0 aliphatic rings. The smallest absolute Gasteiger partial charge is 0.388 e. The molecule has 1 unspecified atom stereocenters. The molecular weight excluding hydrogens is 527 g/mol. The molecule has 10 nitrogen and oxygen atoms in total. The van der Waals surface area contributed by atoms with Gasteiger partial charge in [-0.1, -0.05) is 12.1 Å². The van der Waals surface area contributed by atoms with E-state index in [0.717, 1.165) is 12.1 Å². The first-order chi connectivity index (χ1) is 18.1. The van der Waals surface area contributed by atoms with Gasteiger partial charge < -0.3 is 25.6 Å². The minimum Gasteiger partial charge on any atom is -0.492 e. The van der Waals surface area contributed by atoms with E-state index in [2.05, 4.69) is 25.0 Å². The van der Waals surface area contributed by atoms with Crippen molar-refractivity contribution in [2.75, 3.05) is 30.2 Å². The van der Waals surface area contributed by atoms with E-state index in [9.17, 15) is 26.7 Å². The Morgan fingerprint density at radius 1 is 1.11 bits per heavy atom. The number of nitrogens with two attached hydrogens (primary N) is 1. The molecule has 0 fully saturated rings. The zero-order valence-corrected chi connectivity index (χ0v) is 20.5. The van der Waals surface area contributed by atoms with Crippen LogP contribution < -0.4 is 25.2 Å². The fraction of sp³-hybridized carbons (Fsp3) is 0.208. The predicted molar refractivity (Wildman–Crippen MR) is 134 cm³/mol. The zero-order valence-electron chi connectivity index (χ0n) is 19.7. The SMILES string of the molecule is Nc1ccc(F)c(S(=O)(=O)Nc2cccc(C(O)CNCCOc3ccc4c(OC(F)F)n[nH]c4c3)c2)c1. The number of aliphatic hydroxyl groups excluding tert-OH is 1. The van der Waals surface area contributed by atoms with E-state index in [1.165, 1.54) is 18.2 Å². The third-order valence-electron chi connectivity index (χ3n) is 5.35. The number of anilines is 2. The van der Waals surface area contributed by atoms with Crippen LogP contribution in [-0.2, 0) is 10.0 Å². The molecular formula is C24H24F3N5O5S. The Morgan fingerprint density at radius 3 is 2.71 bits per heavy atom. The van der Waals surface area contributed by atoms with Gasteiger partial charge in [0.2, 0.25) is 5.88 Å². The quantitative estimate of drug-likeness (QED) is 0.133. The van der Waals surface area contributed by atoms with Gasteiger partial charge in [0.1, 0.15) is 23.1 Å². The highest BCUT2D eigenvalue weighted by Gasteiger charge is 2.20. The number of alkyl halides is 2. The molecule has 3 aromatic carbocycles. The Hall–Kier alpha value is -4.01. The average Bonchev–Trinajstić information content (AvgIpc) is 3.26. The summed E-state index contributed by atoms with van der Waals surface area (Å²) >= 11 is 0. The number of hydrogen-bond acceptors (Lipinski definition) is 8. The third kappa shape index (κ3) is 6.65. The molecule has 202 valence electrons. The number of ether oxygens (including phenoxy) is 2. The van der Waals surface area contributed by atoms with Gasteiger partial charge in [0.05, 0.1) is 17.0 Å². The number of rotatable bonds is 12. The summed E-state index contributed by atoms with van der Waals surface area (Å²) in [5, 5.41) is 20.2. The molecule has 1 heterocycles. The molecule has 4 aromatic rings. The highest BCUT2D eigenvalue weighted by Crippen LogP contribution is 2.27. The summed E-state index contributed by atoms with van der Waals surface area (Å²) in [6, 6.07) is 14.1. The van der Waals surface area contributed by atoms with Gasteiger partial charge in [-0.15, -0.1) is 5.10 Å². The van der Waals surface area contributed by atoms with Crippen molar-refractivity contribution in [1.29, 1.82) is 0 Å². The fourth-order valence-electron chi connectivity index (χ4n) is 3.58. The number of hydrogen-bond donors (Lipinski definition) is 5. The molecule has 0 amide bonds. The lowest BCUT2D eigenvalue weighted by atomic mass is 10.1. The molecule has 1 aromatic heterocycles. The maximum atomic E-state index is 14.0. The van der Waals surface area contributed by atoms with Crippen LogP contribution in [0.25, 0.3) is 10.9 Å². The molecule has 1 atom stereocenters. The Morgan fingerprint density at radius 2 is 1.92 bits per heavy atom. The number of benzene rings is 3. The lowest BCUT2D eigenvalue weighted by Gasteiger charge is -2.15. The summed E-state index contributed by atoms with van der Waals surface area (Å²) in [6.45, 7) is -2.25. The van der Waals surface area contributed by atoms with Gasteiger partial charge in [0.15, 0.2) is 0 Å². The first-order valence-electron chi connectivity index (χ1n) is 11.2. The standard InChI is InChI=1S/C24H24F3N5O5S/c25-19-7-4-15(28)11-22(19)38(34,35)32-16-3-1-2-14(10-16)21(33)13-29-8-9-36-17-5-6-18-20(12-17)30-31-23(18)37-24(26)27/h1-7,10-12,21,24,29,32-33H,8-9,13,28H2,(H,30,31). The van der Waals surface area contributed by atoms with Crippen LogP contribution in [0.3, 0.4) is 0 Å². The van der Waals surface area contributed by atoms with Crippen LogP contribution in [0.15, 0.2) is 65.6 Å². The maximum Gasteiger partial charge on any atom is 0.388 e. The normalized spacial score (nSPS) is 12.6. The number of fused-ring (bicyclic) bond motifs is 1. The molecule has 0 radical (unpaired) electrons. The first kappa shape index (κ1) is 27.0. The van der Waals surface area contributed by atoms with Crippen LogP contribution in [0.1, 0.15) is 11.7 Å². The van der Waals surface area contributed by atoms with Gasteiger partial charge in [-0.2, -0.15) is 8.78 Å². The number of aliphatic hydroxyl groups is 1. The summed E-state index contributed by atoms with van der Waals surface area (Å²) in [4.78, 5) is -0.585. The van der Waals surface area contributed by atoms with Gasteiger partial charge in [-0.25, -0.2) is 12.8 Å². The number of halogens is 3. The molecule has 0 spiro atoms. The zero-order chi connectivity index (χ0) is 27.3. The molecule has 4 rings (SSSR count). The van der Waals surface area contributed by atoms with Crippen molar-refractivity contribution in [3.63, 3.8) is 0 Å². The molecule has 6 N–H and O–H groups in total. The molecule has 38 heavy (non-hydrogen) atoms. The van der Waals surface area contributed by atoms with Crippen LogP contribution in [0.5, 0.6) is 11.6 Å². The highest BCUT2D eigenvalue weighted by atomic mass is 32.2. The minimum absolute atomic E-state index is 0.0986. The second kappa shape index (κ2) is 11.6. The average molecular weight is 552 g/mol. The van der Waals surface area contributed by atoms with E-state index >= 15 is 0 Å². The van der Waals surface area contributed by atoms with Gasteiger partial charge in [-0.3, -0.25) is 9.82 Å². The molecule has 0 bridgehead atoms. The van der Waals surface area contributed by atoms with Crippen molar-refractivity contribution < 1.29 is 36.2 Å². The minimum atomic E-state index is -4.24. The third-order valence-corrected chi connectivity index (χ3v) is 6.75. The molecule has 0 saturated carbocycles. The summed E-state index contributed by atoms with van der Waals surface area (Å²) in [5.41, 5.74) is 6.72. The lowest BCUT2D eigenvalue weighted by molar-refractivity contribution is -0.0518. The summed E-state index contributed by atoms with van der Waals surface area (Å²) in [7, 11) is -4.24. The van der Waals surface area contributed by atoms with E-state index in [-0.39, 0.29) is 30.4 Å². The Kier molecular flexibility index (Phi) is 8.24. The topological polar surface area (TPSA) is 152 Å². The fourth-order valence-corrected chi connectivity index (χ4v) is 4.74. The second-order valence-corrected chi connectivity index (χ2v) is 9.75. The van der Waals surface area contributed by atoms with Gasteiger partial charge in [-0.05, 0) is 48.0 Å². The van der Waals surface area contributed by atoms with Gasteiger partial charge in [0.25, 0.3) is 10.0 Å². The van der Waals surface area contributed by atoms with Crippen molar-refractivity contribution in [3.8, 4) is 11.6 Å². The van der Waals surface area contributed by atoms with Crippen LogP contribution in [0.2, 0.25) is 0 Å². The van der Waals surface area contributed by atoms with Gasteiger partial charge >= 0.3 is 6.61 Å². The molecule has 0 aliphatic carbocycles. The number of aromatic amines is 1. The number of aromatic nitrogens is 2. The Labute approximate surface area is 215 Å². The van der Waals surface area contributed by atoms with Crippen molar-refractivity contribution >= 4 is 32.3 Å². The van der Waals surface area contributed by atoms with Crippen LogP contribution >= 0.6 is 0 Å². The van der Waals surface area contributed by atoms with E-state index in [0.29, 0.717) is 28.8 Å². The summed E-state index contributed by atoms with van der Waals surface area (Å²) in [6.07, 6.45) is -0.974. The largest absolute Gasteiger partial charge is 0.492 e. The van der Waals surface area contributed by atoms with Crippen molar-refractivity contribution in [2.45, 2.75) is 17.6 Å². The van der Waals surface area contributed by atoms with Crippen molar-refractivity contribution in [2.24, 2.45) is 0 Å². The van der Waals surface area contributed by atoms with E-state index in [1.54, 1.807) is 30.3 Å². The number of H-pyrrole nitrogens is 1. The summed E-state index contributed by atoms with van der Waals surface area (Å²) in [5.74, 6) is -0.668. The van der Waals surface area contributed by atoms with E-state index in [4.69, 9.17) is 10.5 Å². The maximum absolute atomic E-state index is 14.0. The number of sulfonamides is 1. The van der Waals surface area contributed by atoms with Crippen LogP contribution in [-0.4, -0.2) is 50.0 Å². The van der Waals surface area contributed by atoms with Crippen molar-refractivity contribution in [3.05, 3.63) is 72.0 Å². The highest BCUT2D eigenvalue weighted by molar-refractivity contribution is 7.92. The monoisotopic (exact) mass is 551 g/mol. The molecule has 14 heteroatoms. The lowest BCUT2D eigenvalue weighted by Crippen LogP contribution is -2.26. The first-order valence-corrected chi connectivity index (χ1v) is 12.7. The van der Waals surface area contributed by atoms with Crippen LogP contribution in [0.4, 0.5) is 24.5 Å². The van der Waals surface area contributed by atoms with E-state index in [1.807, 2.05) is 0 Å². The Balaban J connectivity index is 1.27. The van der Waals surface area contributed by atoms with Gasteiger partial charge in [0, 0.05) is 30.5 Å². The number of nitrogens with one attached hydrogen (secondary N) is 3. The summed E-state index contributed by atoms with van der Waals surface area (Å²) < 4.78 is 76.3. The molecule has 0 aliphatic heterocycles. The van der Waals surface area contributed by atoms with Crippen molar-refractivity contribution in [1.82, 2.24) is 15.5 Å².